The summed E-state index contributed by atoms with van der Waals surface area (Å²) in [4.78, 5) is 0. The highest BCUT2D eigenvalue weighted by molar-refractivity contribution is 5.25. The molecule has 0 aliphatic heterocycles. The molecular weight excluding hydrogens is 198 g/mol. The zero-order chi connectivity index (χ0) is 12.0. The van der Waals surface area contributed by atoms with Crippen molar-refractivity contribution in [2.24, 2.45) is 5.73 Å². The number of allylic oxidation sites excluding steroid dienone is 1. The zero-order valence-electron chi connectivity index (χ0n) is 9.89. The van der Waals surface area contributed by atoms with Gasteiger partial charge in [0.2, 0.25) is 0 Å². The molecule has 0 aliphatic carbocycles. The molecule has 1 aromatic rings. The molecule has 16 heavy (non-hydrogen) atoms. The minimum atomic E-state index is -0.373. The van der Waals surface area contributed by atoms with Gasteiger partial charge in [0.1, 0.15) is 0 Å². The van der Waals surface area contributed by atoms with Crippen LogP contribution in [0.4, 0.5) is 0 Å². The average Bonchev–Trinajstić information content (AvgIpc) is 2.29. The van der Waals surface area contributed by atoms with Gasteiger partial charge in [-0.05, 0) is 37.3 Å². The Kier molecular flexibility index (Phi) is 5.23. The maximum absolute atomic E-state index is 9.91. The van der Waals surface area contributed by atoms with E-state index >= 15 is 0 Å². The Hall–Kier alpha value is -1.12. The molecule has 0 radical (unpaired) electrons. The van der Waals surface area contributed by atoms with Crippen LogP contribution in [-0.4, -0.2) is 5.11 Å². The molecule has 0 fully saturated rings. The van der Waals surface area contributed by atoms with Gasteiger partial charge in [-0.15, -0.1) is 6.58 Å². The van der Waals surface area contributed by atoms with Gasteiger partial charge in [-0.25, -0.2) is 0 Å². The summed E-state index contributed by atoms with van der Waals surface area (Å²) in [7, 11) is 0. The van der Waals surface area contributed by atoms with E-state index in [-0.39, 0.29) is 12.1 Å². The summed E-state index contributed by atoms with van der Waals surface area (Å²) < 4.78 is 0. The van der Waals surface area contributed by atoms with E-state index in [1.165, 1.54) is 0 Å². The normalized spacial score (nSPS) is 14.4. The van der Waals surface area contributed by atoms with E-state index < -0.39 is 0 Å². The van der Waals surface area contributed by atoms with Crippen LogP contribution in [0.25, 0.3) is 0 Å². The van der Waals surface area contributed by atoms with Crippen molar-refractivity contribution in [2.45, 2.75) is 38.3 Å². The second-order valence-corrected chi connectivity index (χ2v) is 4.19. The first kappa shape index (κ1) is 12.9. The second kappa shape index (κ2) is 6.46. The van der Waals surface area contributed by atoms with Crippen LogP contribution < -0.4 is 5.73 Å². The fraction of sp³-hybridized carbons (Fsp3) is 0.429. The fourth-order valence-electron chi connectivity index (χ4n) is 1.64. The van der Waals surface area contributed by atoms with Gasteiger partial charge < -0.3 is 10.8 Å². The van der Waals surface area contributed by atoms with E-state index in [0.717, 1.165) is 30.4 Å². The van der Waals surface area contributed by atoms with Crippen molar-refractivity contribution in [2.75, 3.05) is 0 Å². The lowest BCUT2D eigenvalue weighted by atomic mass is 10.0. The lowest BCUT2D eigenvalue weighted by Gasteiger charge is -2.12. The summed E-state index contributed by atoms with van der Waals surface area (Å²) >= 11 is 0. The number of unbranched alkanes of at least 4 members (excludes halogenated alkanes) is 1. The molecule has 0 amide bonds. The van der Waals surface area contributed by atoms with E-state index in [4.69, 9.17) is 5.73 Å². The maximum atomic E-state index is 9.91. The lowest BCUT2D eigenvalue weighted by molar-refractivity contribution is 0.165. The lowest BCUT2D eigenvalue weighted by Crippen LogP contribution is -2.05. The van der Waals surface area contributed by atoms with Crippen LogP contribution in [0.3, 0.4) is 0 Å². The van der Waals surface area contributed by atoms with E-state index in [1.54, 1.807) is 0 Å². The third-order valence-electron chi connectivity index (χ3n) is 2.73. The van der Waals surface area contributed by atoms with Crippen molar-refractivity contribution in [3.63, 3.8) is 0 Å². The molecule has 3 N–H and O–H groups in total. The molecule has 2 nitrogen and oxygen atoms in total. The molecule has 2 atom stereocenters. The van der Waals surface area contributed by atoms with Gasteiger partial charge in [-0.3, -0.25) is 0 Å². The first-order chi connectivity index (χ1) is 7.65. The minimum absolute atomic E-state index is 0.0481. The average molecular weight is 219 g/mol. The predicted molar refractivity (Wildman–Crippen MR) is 68.1 cm³/mol. The first-order valence-electron chi connectivity index (χ1n) is 5.79. The second-order valence-electron chi connectivity index (χ2n) is 4.19. The molecule has 0 spiro atoms. The highest BCUT2D eigenvalue weighted by Crippen LogP contribution is 2.21. The Morgan fingerprint density at radius 2 is 1.88 bits per heavy atom. The minimum Gasteiger partial charge on any atom is -0.388 e. The third-order valence-corrected chi connectivity index (χ3v) is 2.73. The molecule has 1 unspecified atom stereocenters. The van der Waals surface area contributed by atoms with Crippen LogP contribution in [0, 0.1) is 0 Å². The van der Waals surface area contributed by atoms with Crippen molar-refractivity contribution in [1.82, 2.24) is 0 Å². The number of rotatable bonds is 6. The van der Waals surface area contributed by atoms with E-state index in [1.807, 2.05) is 37.3 Å². The molecule has 1 rings (SSSR count). The van der Waals surface area contributed by atoms with Gasteiger partial charge in [0.25, 0.3) is 0 Å². The number of hydrogen-bond acceptors (Lipinski definition) is 2. The van der Waals surface area contributed by atoms with E-state index in [0.29, 0.717) is 0 Å². The van der Waals surface area contributed by atoms with Crippen molar-refractivity contribution < 1.29 is 5.11 Å². The molecule has 0 aromatic heterocycles. The highest BCUT2D eigenvalue weighted by atomic mass is 16.3. The number of aliphatic hydroxyl groups excluding tert-OH is 1. The van der Waals surface area contributed by atoms with Crippen LogP contribution in [0.5, 0.6) is 0 Å². The standard InChI is InChI=1S/C14H21NO/c1-3-4-5-6-14(16)13-9-7-12(8-10-13)11(2)15/h3,7-11,14,16H,1,4-6,15H2,2H3/t11-,14?/m0/s1. The predicted octanol–water partition coefficient (Wildman–Crippen LogP) is 3.10. The van der Waals surface area contributed by atoms with Crippen LogP contribution in [0.1, 0.15) is 49.5 Å². The van der Waals surface area contributed by atoms with Gasteiger partial charge in [0.15, 0.2) is 0 Å². The van der Waals surface area contributed by atoms with Gasteiger partial charge in [-0.2, -0.15) is 0 Å². The van der Waals surface area contributed by atoms with Gasteiger partial charge in [0, 0.05) is 6.04 Å². The highest BCUT2D eigenvalue weighted by Gasteiger charge is 2.07. The SMILES string of the molecule is C=CCCCC(O)c1ccc([C@H](C)N)cc1. The smallest absolute Gasteiger partial charge is 0.0790 e. The Bertz CT molecular complexity index is 316. The summed E-state index contributed by atoms with van der Waals surface area (Å²) in [6.07, 6.45) is 4.21. The van der Waals surface area contributed by atoms with Crippen molar-refractivity contribution in [1.29, 1.82) is 0 Å². The quantitative estimate of drug-likeness (QED) is 0.570. The van der Waals surface area contributed by atoms with Crippen LogP contribution in [-0.2, 0) is 0 Å². The Morgan fingerprint density at radius 3 is 2.38 bits per heavy atom. The van der Waals surface area contributed by atoms with E-state index in [9.17, 15) is 5.11 Å². The number of aliphatic hydroxyl groups is 1. The molecule has 0 aliphatic rings. The van der Waals surface area contributed by atoms with Crippen molar-refractivity contribution in [3.8, 4) is 0 Å². The van der Waals surface area contributed by atoms with Crippen LogP contribution in [0.2, 0.25) is 0 Å². The monoisotopic (exact) mass is 219 g/mol. The van der Waals surface area contributed by atoms with Gasteiger partial charge in [0.05, 0.1) is 6.10 Å². The molecule has 2 heteroatoms. The molecule has 0 saturated carbocycles. The van der Waals surface area contributed by atoms with E-state index in [2.05, 4.69) is 6.58 Å². The van der Waals surface area contributed by atoms with Gasteiger partial charge in [-0.1, -0.05) is 30.3 Å². The van der Waals surface area contributed by atoms with Crippen LogP contribution >= 0.6 is 0 Å². The first-order valence-corrected chi connectivity index (χ1v) is 5.79. The number of benzene rings is 1. The number of hydrogen-bond donors (Lipinski definition) is 2. The largest absolute Gasteiger partial charge is 0.388 e. The Balaban J connectivity index is 2.55. The van der Waals surface area contributed by atoms with Crippen molar-refractivity contribution >= 4 is 0 Å². The molecular formula is C14H21NO. The summed E-state index contributed by atoms with van der Waals surface area (Å²) in [5.74, 6) is 0. The summed E-state index contributed by atoms with van der Waals surface area (Å²) in [5.41, 5.74) is 7.83. The van der Waals surface area contributed by atoms with Crippen molar-refractivity contribution in [3.05, 3.63) is 48.0 Å². The summed E-state index contributed by atoms with van der Waals surface area (Å²) in [6.45, 7) is 5.62. The Labute approximate surface area is 97.8 Å². The summed E-state index contributed by atoms with van der Waals surface area (Å²) in [5, 5.41) is 9.91. The molecule has 0 bridgehead atoms. The van der Waals surface area contributed by atoms with Crippen LogP contribution in [0.15, 0.2) is 36.9 Å². The zero-order valence-corrected chi connectivity index (χ0v) is 9.89. The Morgan fingerprint density at radius 1 is 1.31 bits per heavy atom. The summed E-state index contributed by atoms with van der Waals surface area (Å²) in [6, 6.07) is 7.93. The fourth-order valence-corrected chi connectivity index (χ4v) is 1.64. The molecule has 0 saturated heterocycles. The number of nitrogens with two attached hydrogens (primary N) is 1. The maximum Gasteiger partial charge on any atom is 0.0790 e. The van der Waals surface area contributed by atoms with Gasteiger partial charge >= 0.3 is 0 Å². The molecule has 1 aromatic carbocycles. The topological polar surface area (TPSA) is 46.2 Å². The third kappa shape index (κ3) is 3.80. The molecule has 0 heterocycles. The molecule has 88 valence electrons.